The van der Waals surface area contributed by atoms with Crippen molar-refractivity contribution in [3.05, 3.63) is 33.5 Å². The van der Waals surface area contributed by atoms with Crippen LogP contribution in [0.3, 0.4) is 0 Å². The molecule has 0 saturated carbocycles. The molecule has 7 nitrogen and oxygen atoms in total. The zero-order chi connectivity index (χ0) is 14.7. The van der Waals surface area contributed by atoms with E-state index in [1.54, 1.807) is 6.07 Å². The summed E-state index contributed by atoms with van der Waals surface area (Å²) in [7, 11) is 1.41. The third-order valence-electron chi connectivity index (χ3n) is 2.23. The van der Waals surface area contributed by atoms with E-state index in [-0.39, 0.29) is 22.8 Å². The average molecular weight is 360 g/mol. The summed E-state index contributed by atoms with van der Waals surface area (Å²) in [6.07, 6.45) is 0. The molecule has 0 aliphatic carbocycles. The molecule has 0 radical (unpaired) electrons. The molecule has 0 atom stereocenters. The standard InChI is InChI=1S/C11H8BrClN4O3/c1-20-11-16-9(13)15-10(17-11)14-7-3-2-5(8(18)19)4-6(7)12/h2-4H,1H3,(H,18,19)(H,14,15,16,17). The summed E-state index contributed by atoms with van der Waals surface area (Å²) in [4.78, 5) is 22.4. The fourth-order valence-electron chi connectivity index (χ4n) is 1.35. The Morgan fingerprint density at radius 3 is 2.75 bits per heavy atom. The Morgan fingerprint density at radius 2 is 2.15 bits per heavy atom. The van der Waals surface area contributed by atoms with Crippen LogP contribution in [0.4, 0.5) is 11.6 Å². The molecule has 0 spiro atoms. The summed E-state index contributed by atoms with van der Waals surface area (Å²) in [5.74, 6) is -0.826. The van der Waals surface area contributed by atoms with Gasteiger partial charge in [0.25, 0.3) is 0 Å². The molecule has 1 aromatic heterocycles. The van der Waals surface area contributed by atoms with Crippen molar-refractivity contribution < 1.29 is 14.6 Å². The van der Waals surface area contributed by atoms with Crippen LogP contribution < -0.4 is 10.1 Å². The van der Waals surface area contributed by atoms with Gasteiger partial charge in [0.05, 0.1) is 18.4 Å². The normalized spacial score (nSPS) is 10.2. The van der Waals surface area contributed by atoms with E-state index in [1.165, 1.54) is 19.2 Å². The van der Waals surface area contributed by atoms with Crippen molar-refractivity contribution in [2.24, 2.45) is 0 Å². The third kappa shape index (κ3) is 3.34. The molecule has 104 valence electrons. The van der Waals surface area contributed by atoms with Crippen LogP contribution in [0.1, 0.15) is 10.4 Å². The van der Waals surface area contributed by atoms with Gasteiger partial charge in [-0.25, -0.2) is 4.79 Å². The number of nitrogens with one attached hydrogen (secondary N) is 1. The number of rotatable bonds is 4. The van der Waals surface area contributed by atoms with E-state index in [0.717, 1.165) is 0 Å². The minimum atomic E-state index is -1.01. The van der Waals surface area contributed by atoms with E-state index in [2.05, 4.69) is 36.2 Å². The number of hydrogen-bond donors (Lipinski definition) is 2. The predicted molar refractivity (Wildman–Crippen MR) is 75.8 cm³/mol. The van der Waals surface area contributed by atoms with Gasteiger partial charge in [-0.15, -0.1) is 0 Å². The van der Waals surface area contributed by atoms with Gasteiger partial charge in [-0.05, 0) is 45.7 Å². The Balaban J connectivity index is 2.30. The first-order chi connectivity index (χ1) is 9.49. The molecule has 0 fully saturated rings. The van der Waals surface area contributed by atoms with Gasteiger partial charge >= 0.3 is 12.0 Å². The maximum Gasteiger partial charge on any atom is 0.335 e. The molecule has 20 heavy (non-hydrogen) atoms. The first-order valence-electron chi connectivity index (χ1n) is 5.25. The number of halogens is 2. The van der Waals surface area contributed by atoms with Crippen molar-refractivity contribution in [1.82, 2.24) is 15.0 Å². The highest BCUT2D eigenvalue weighted by atomic mass is 79.9. The van der Waals surface area contributed by atoms with Crippen LogP contribution in [-0.4, -0.2) is 33.1 Å². The number of nitrogens with zero attached hydrogens (tertiary/aromatic N) is 3. The first-order valence-corrected chi connectivity index (χ1v) is 6.42. The molecule has 2 rings (SSSR count). The van der Waals surface area contributed by atoms with Crippen LogP contribution in [0.25, 0.3) is 0 Å². The summed E-state index contributed by atoms with van der Waals surface area (Å²) in [5, 5.41) is 11.8. The SMILES string of the molecule is COc1nc(Cl)nc(Nc2ccc(C(=O)O)cc2Br)n1. The van der Waals surface area contributed by atoms with Crippen molar-refractivity contribution in [3.63, 3.8) is 0 Å². The number of carboxylic acid groups (broad SMARTS) is 1. The highest BCUT2D eigenvalue weighted by molar-refractivity contribution is 9.10. The van der Waals surface area contributed by atoms with E-state index < -0.39 is 5.97 Å². The van der Waals surface area contributed by atoms with Crippen LogP contribution >= 0.6 is 27.5 Å². The van der Waals surface area contributed by atoms with Crippen LogP contribution in [0, 0.1) is 0 Å². The summed E-state index contributed by atoms with van der Waals surface area (Å²) in [6, 6.07) is 4.57. The number of anilines is 2. The van der Waals surface area contributed by atoms with E-state index in [4.69, 9.17) is 21.4 Å². The van der Waals surface area contributed by atoms with Crippen molar-refractivity contribution in [2.75, 3.05) is 12.4 Å². The second-order valence-electron chi connectivity index (χ2n) is 3.54. The lowest BCUT2D eigenvalue weighted by Crippen LogP contribution is -2.03. The predicted octanol–water partition coefficient (Wildman–Crippen LogP) is 2.74. The minimum Gasteiger partial charge on any atom is -0.478 e. The highest BCUT2D eigenvalue weighted by Crippen LogP contribution is 2.26. The van der Waals surface area contributed by atoms with Crippen LogP contribution in [0.5, 0.6) is 6.01 Å². The van der Waals surface area contributed by atoms with Crippen molar-refractivity contribution in [3.8, 4) is 6.01 Å². The molecule has 0 saturated heterocycles. The lowest BCUT2D eigenvalue weighted by molar-refractivity contribution is 0.0697. The van der Waals surface area contributed by atoms with Crippen molar-refractivity contribution >= 4 is 45.1 Å². The zero-order valence-electron chi connectivity index (χ0n) is 10.1. The molecular weight excluding hydrogens is 352 g/mol. The maximum absolute atomic E-state index is 10.8. The number of carbonyl (C=O) groups is 1. The summed E-state index contributed by atoms with van der Waals surface area (Å²) < 4.78 is 5.43. The van der Waals surface area contributed by atoms with Gasteiger partial charge in [-0.2, -0.15) is 15.0 Å². The molecule has 0 unspecified atom stereocenters. The molecular formula is C11H8BrClN4O3. The van der Waals surface area contributed by atoms with Crippen molar-refractivity contribution in [1.29, 1.82) is 0 Å². The second-order valence-corrected chi connectivity index (χ2v) is 4.73. The fourth-order valence-corrected chi connectivity index (χ4v) is 1.98. The minimum absolute atomic E-state index is 0.0161. The molecule has 0 amide bonds. The molecule has 2 N–H and O–H groups in total. The van der Waals surface area contributed by atoms with Gasteiger partial charge in [0.1, 0.15) is 0 Å². The molecule has 0 aliphatic heterocycles. The van der Waals surface area contributed by atoms with Gasteiger partial charge in [0, 0.05) is 4.47 Å². The van der Waals surface area contributed by atoms with Gasteiger partial charge in [-0.1, -0.05) is 0 Å². The molecule has 1 aromatic carbocycles. The third-order valence-corrected chi connectivity index (χ3v) is 3.06. The van der Waals surface area contributed by atoms with Gasteiger partial charge in [-0.3, -0.25) is 0 Å². The zero-order valence-corrected chi connectivity index (χ0v) is 12.4. The van der Waals surface area contributed by atoms with E-state index in [0.29, 0.717) is 10.2 Å². The number of benzene rings is 1. The Labute approximate surface area is 127 Å². The molecule has 0 bridgehead atoms. The van der Waals surface area contributed by atoms with Crippen LogP contribution in [0.15, 0.2) is 22.7 Å². The van der Waals surface area contributed by atoms with Gasteiger partial charge < -0.3 is 15.2 Å². The quantitative estimate of drug-likeness (QED) is 0.866. The number of aromatic nitrogens is 3. The summed E-state index contributed by atoms with van der Waals surface area (Å²) in [6.45, 7) is 0. The largest absolute Gasteiger partial charge is 0.478 e. The summed E-state index contributed by atoms with van der Waals surface area (Å²) in [5.41, 5.74) is 0.744. The topological polar surface area (TPSA) is 97.2 Å². The first kappa shape index (κ1) is 14.5. The molecule has 2 aromatic rings. The molecule has 9 heteroatoms. The number of hydrogen-bond acceptors (Lipinski definition) is 6. The number of methoxy groups -OCH3 is 1. The molecule has 1 heterocycles. The lowest BCUT2D eigenvalue weighted by atomic mass is 10.2. The van der Waals surface area contributed by atoms with Gasteiger partial charge in [0.2, 0.25) is 11.2 Å². The number of carboxylic acids is 1. The van der Waals surface area contributed by atoms with Crippen LogP contribution in [-0.2, 0) is 0 Å². The Bertz CT molecular complexity index is 668. The Hall–Kier alpha value is -1.93. The summed E-state index contributed by atoms with van der Waals surface area (Å²) >= 11 is 9.00. The van der Waals surface area contributed by atoms with Gasteiger partial charge in [0.15, 0.2) is 0 Å². The second kappa shape index (κ2) is 6.02. The highest BCUT2D eigenvalue weighted by Gasteiger charge is 2.10. The number of ether oxygens (including phenoxy) is 1. The molecule has 0 aliphatic rings. The average Bonchev–Trinajstić information content (AvgIpc) is 2.40. The van der Waals surface area contributed by atoms with Crippen molar-refractivity contribution in [2.45, 2.75) is 0 Å². The van der Waals surface area contributed by atoms with E-state index >= 15 is 0 Å². The number of aromatic carboxylic acids is 1. The maximum atomic E-state index is 10.8. The monoisotopic (exact) mass is 358 g/mol. The van der Waals surface area contributed by atoms with Crippen LogP contribution in [0.2, 0.25) is 5.28 Å². The Morgan fingerprint density at radius 1 is 1.40 bits per heavy atom. The smallest absolute Gasteiger partial charge is 0.335 e. The lowest BCUT2D eigenvalue weighted by Gasteiger charge is -2.08. The fraction of sp³-hybridized carbons (Fsp3) is 0.0909. The Kier molecular flexibility index (Phi) is 4.35. The van der Waals surface area contributed by atoms with E-state index in [1.807, 2.05) is 0 Å². The van der Waals surface area contributed by atoms with E-state index in [9.17, 15) is 4.79 Å².